The molecule has 0 bridgehead atoms. The minimum Gasteiger partial charge on any atom is -0.468 e. The van der Waals surface area contributed by atoms with Crippen LogP contribution in [0.3, 0.4) is 0 Å². The fourth-order valence-corrected chi connectivity index (χ4v) is 5.30. The van der Waals surface area contributed by atoms with E-state index in [9.17, 15) is 9.59 Å². The van der Waals surface area contributed by atoms with Crippen molar-refractivity contribution in [1.82, 2.24) is 9.47 Å². The summed E-state index contributed by atoms with van der Waals surface area (Å²) in [6, 6.07) is 13.7. The Hall–Kier alpha value is -3.19. The molecule has 3 atom stereocenters. The van der Waals surface area contributed by atoms with E-state index < -0.39 is 29.9 Å². The van der Waals surface area contributed by atoms with Crippen LogP contribution in [-0.4, -0.2) is 53.9 Å². The molecule has 0 spiro atoms. The third-order valence-electron chi connectivity index (χ3n) is 7.10. The van der Waals surface area contributed by atoms with Gasteiger partial charge in [-0.1, -0.05) is 36.8 Å². The number of carbonyl (C=O) groups is 2. The molecule has 0 aliphatic carbocycles. The molecule has 0 N–H and O–H groups in total. The maximum atomic E-state index is 13.9. The van der Waals surface area contributed by atoms with Gasteiger partial charge in [-0.15, -0.1) is 0 Å². The first-order valence-corrected chi connectivity index (χ1v) is 12.3. The lowest BCUT2D eigenvalue weighted by Gasteiger charge is -2.33. The van der Waals surface area contributed by atoms with Crippen molar-refractivity contribution in [3.8, 4) is 0 Å². The molecule has 7 nitrogen and oxygen atoms in total. The first-order chi connectivity index (χ1) is 16.9. The smallest absolute Gasteiger partial charge is 0.337 e. The van der Waals surface area contributed by atoms with Crippen LogP contribution in [0.25, 0.3) is 0 Å². The predicted octanol–water partition coefficient (Wildman–Crippen LogP) is 4.42. The van der Waals surface area contributed by atoms with Crippen molar-refractivity contribution in [3.63, 3.8) is 0 Å². The largest absolute Gasteiger partial charge is 0.468 e. The van der Waals surface area contributed by atoms with E-state index in [1.165, 1.54) is 13.5 Å². The van der Waals surface area contributed by atoms with E-state index >= 15 is 0 Å². The summed E-state index contributed by atoms with van der Waals surface area (Å²) in [4.78, 5) is 33.7. The van der Waals surface area contributed by atoms with Gasteiger partial charge >= 0.3 is 11.9 Å². The monoisotopic (exact) mass is 477 g/mol. The molecule has 7 heteroatoms. The normalized spacial score (nSPS) is 21.9. The van der Waals surface area contributed by atoms with Crippen LogP contribution in [-0.2, 0) is 26.1 Å². The average molecular weight is 478 g/mol. The third-order valence-corrected chi connectivity index (χ3v) is 7.10. The highest BCUT2D eigenvalue weighted by atomic mass is 16.5. The van der Waals surface area contributed by atoms with Crippen LogP contribution < -0.4 is 0 Å². The number of aromatic nitrogens is 1. The molecule has 186 valence electrons. The molecule has 1 aromatic heterocycles. The Morgan fingerprint density at radius 2 is 1.77 bits per heavy atom. The Morgan fingerprint density at radius 1 is 1.06 bits per heavy atom. The summed E-state index contributed by atoms with van der Waals surface area (Å²) in [5.41, 5.74) is 3.41. The minimum absolute atomic E-state index is 0.410. The number of aliphatic imine (C=N–C) groups is 1. The van der Waals surface area contributed by atoms with Crippen LogP contribution in [0.4, 0.5) is 0 Å². The number of likely N-dealkylation sites (tertiary alicyclic amines) is 1. The van der Waals surface area contributed by atoms with E-state index in [2.05, 4.69) is 9.89 Å². The van der Waals surface area contributed by atoms with Gasteiger partial charge in [-0.05, 0) is 57.5 Å². The van der Waals surface area contributed by atoms with Gasteiger partial charge in [0.05, 0.1) is 18.6 Å². The Labute approximate surface area is 207 Å². The molecule has 4 rings (SSSR count). The number of hydrogen-bond donors (Lipinski definition) is 0. The maximum Gasteiger partial charge on any atom is 0.337 e. The molecule has 2 aromatic rings. The second-order valence-corrected chi connectivity index (χ2v) is 9.44. The highest BCUT2D eigenvalue weighted by Gasteiger charge is 2.43. The van der Waals surface area contributed by atoms with Gasteiger partial charge in [-0.25, -0.2) is 4.79 Å². The van der Waals surface area contributed by atoms with Crippen LogP contribution in [0, 0.1) is 5.92 Å². The number of rotatable bonds is 7. The minimum atomic E-state index is -0.697. The summed E-state index contributed by atoms with van der Waals surface area (Å²) in [6.07, 6.45) is 5.04. The zero-order chi connectivity index (χ0) is 24.9. The van der Waals surface area contributed by atoms with Crippen molar-refractivity contribution in [2.24, 2.45) is 18.0 Å². The molecular weight excluding hydrogens is 442 g/mol. The van der Waals surface area contributed by atoms with Gasteiger partial charge < -0.3 is 14.0 Å². The van der Waals surface area contributed by atoms with Crippen LogP contribution in [0.2, 0.25) is 0 Å². The number of piperidine rings is 1. The highest BCUT2D eigenvalue weighted by Crippen LogP contribution is 2.40. The fraction of sp³-hybridized carbons (Fsp3) is 0.464. The summed E-state index contributed by atoms with van der Waals surface area (Å²) in [6.45, 7) is 6.27. The van der Waals surface area contributed by atoms with E-state index in [0.29, 0.717) is 23.5 Å². The second kappa shape index (κ2) is 11.0. The highest BCUT2D eigenvalue weighted by molar-refractivity contribution is 6.06. The Kier molecular flexibility index (Phi) is 7.86. The average Bonchev–Trinajstić information content (AvgIpc) is 3.29. The van der Waals surface area contributed by atoms with Crippen LogP contribution in [0.5, 0.6) is 0 Å². The molecular formula is C28H35N3O4. The molecule has 2 aliphatic heterocycles. The van der Waals surface area contributed by atoms with Crippen molar-refractivity contribution in [1.29, 1.82) is 0 Å². The number of ether oxygens (including phenoxy) is 2. The van der Waals surface area contributed by atoms with Crippen LogP contribution in [0.1, 0.15) is 56.4 Å². The van der Waals surface area contributed by atoms with Crippen LogP contribution in [0.15, 0.2) is 64.9 Å². The molecule has 0 radical (unpaired) electrons. The van der Waals surface area contributed by atoms with Gasteiger partial charge in [0, 0.05) is 36.9 Å². The van der Waals surface area contributed by atoms with Crippen molar-refractivity contribution in [3.05, 3.63) is 71.2 Å². The number of allylic oxidation sites excluding steroid dienone is 1. The number of aryl methyl sites for hydroxylation is 1. The van der Waals surface area contributed by atoms with Gasteiger partial charge in [0.1, 0.15) is 12.0 Å². The van der Waals surface area contributed by atoms with Crippen molar-refractivity contribution < 1.29 is 19.1 Å². The summed E-state index contributed by atoms with van der Waals surface area (Å²) >= 11 is 0. The van der Waals surface area contributed by atoms with Crippen LogP contribution >= 0.6 is 0 Å². The summed E-state index contributed by atoms with van der Waals surface area (Å²) in [5, 5.41) is 0. The first kappa shape index (κ1) is 24.9. The molecule has 0 saturated carbocycles. The topological polar surface area (TPSA) is 73.1 Å². The Morgan fingerprint density at radius 3 is 2.40 bits per heavy atom. The van der Waals surface area contributed by atoms with E-state index in [0.717, 1.165) is 37.2 Å². The SMILES string of the molecule is COC(=O)C1C(C)=NC(C)=C(C(=O)OC(CN2CCCCC2)c2ccccc2)C1c1cccn1C. The van der Waals surface area contributed by atoms with Gasteiger partial charge in [0.25, 0.3) is 0 Å². The second-order valence-electron chi connectivity index (χ2n) is 9.44. The molecule has 3 unspecified atom stereocenters. The first-order valence-electron chi connectivity index (χ1n) is 12.3. The fourth-order valence-electron chi connectivity index (χ4n) is 5.30. The Bertz CT molecular complexity index is 1110. The Balaban J connectivity index is 1.70. The van der Waals surface area contributed by atoms with Gasteiger partial charge in [0.15, 0.2) is 0 Å². The summed E-state index contributed by atoms with van der Waals surface area (Å²) in [5.74, 6) is -2.09. The molecule has 1 aromatic carbocycles. The zero-order valence-corrected chi connectivity index (χ0v) is 21.1. The van der Waals surface area contributed by atoms with Gasteiger partial charge in [-0.2, -0.15) is 0 Å². The van der Waals surface area contributed by atoms with Crippen molar-refractivity contribution in [2.45, 2.75) is 45.1 Å². The number of carbonyl (C=O) groups excluding carboxylic acids is 2. The lowest BCUT2D eigenvalue weighted by atomic mass is 9.77. The van der Waals surface area contributed by atoms with E-state index in [1.54, 1.807) is 0 Å². The molecule has 1 fully saturated rings. The number of esters is 2. The molecule has 35 heavy (non-hydrogen) atoms. The lowest BCUT2D eigenvalue weighted by molar-refractivity contribution is -0.147. The van der Waals surface area contributed by atoms with Crippen molar-refractivity contribution in [2.75, 3.05) is 26.7 Å². The molecule has 3 heterocycles. The number of benzene rings is 1. The number of methoxy groups -OCH3 is 1. The summed E-state index contributed by atoms with van der Waals surface area (Å²) in [7, 11) is 3.27. The quantitative estimate of drug-likeness (QED) is 0.552. The third kappa shape index (κ3) is 5.40. The maximum absolute atomic E-state index is 13.9. The standard InChI is InChI=1S/C28H35N3O4/c1-19-24(27(32)34-4)26(22-14-11-15-30(22)3)25(20(2)29-19)28(33)35-23(21-12-7-5-8-13-21)18-31-16-9-6-10-17-31/h5,7-8,11-15,23-24,26H,6,9-10,16-18H2,1-4H3. The number of hydrogen-bond acceptors (Lipinski definition) is 6. The van der Waals surface area contributed by atoms with Crippen molar-refractivity contribution >= 4 is 17.7 Å². The predicted molar refractivity (Wildman–Crippen MR) is 135 cm³/mol. The summed E-state index contributed by atoms with van der Waals surface area (Å²) < 4.78 is 13.3. The zero-order valence-electron chi connectivity index (χ0n) is 21.1. The van der Waals surface area contributed by atoms with E-state index in [-0.39, 0.29) is 0 Å². The molecule has 1 saturated heterocycles. The van der Waals surface area contributed by atoms with Gasteiger partial charge in [0.2, 0.25) is 0 Å². The van der Waals surface area contributed by atoms with E-state index in [1.807, 2.05) is 74.1 Å². The van der Waals surface area contributed by atoms with Gasteiger partial charge in [-0.3, -0.25) is 14.7 Å². The molecule has 0 amide bonds. The number of nitrogens with zero attached hydrogens (tertiary/aromatic N) is 3. The lowest BCUT2D eigenvalue weighted by Crippen LogP contribution is -2.38. The molecule has 2 aliphatic rings. The van der Waals surface area contributed by atoms with E-state index in [4.69, 9.17) is 9.47 Å².